The summed E-state index contributed by atoms with van der Waals surface area (Å²) in [5.41, 5.74) is 7.65. The van der Waals surface area contributed by atoms with Gasteiger partial charge >= 0.3 is 0 Å². The van der Waals surface area contributed by atoms with Crippen molar-refractivity contribution >= 4 is 12.2 Å². The Kier molecular flexibility index (Phi) is 6.36. The Morgan fingerprint density at radius 1 is 0.750 bits per heavy atom. The summed E-state index contributed by atoms with van der Waals surface area (Å²) in [6.45, 7) is 8.95. The van der Waals surface area contributed by atoms with Crippen molar-refractivity contribution in [2.45, 2.75) is 40.0 Å². The molecule has 28 heavy (non-hydrogen) atoms. The number of phenols is 1. The Labute approximate surface area is 169 Å². The van der Waals surface area contributed by atoms with Crippen LogP contribution in [0.2, 0.25) is 0 Å². The highest BCUT2D eigenvalue weighted by atomic mass is 16.3. The summed E-state index contributed by atoms with van der Waals surface area (Å²) in [5.74, 6) is 1.33. The van der Waals surface area contributed by atoms with E-state index in [0.717, 1.165) is 12.0 Å². The molecule has 0 aromatic heterocycles. The minimum atomic E-state index is 0.295. The number of benzene rings is 3. The number of hydrogen-bond acceptors (Lipinski definition) is 1. The van der Waals surface area contributed by atoms with E-state index in [-0.39, 0.29) is 0 Å². The van der Waals surface area contributed by atoms with E-state index < -0.39 is 0 Å². The van der Waals surface area contributed by atoms with Crippen LogP contribution in [0.1, 0.15) is 60.1 Å². The third-order valence-electron chi connectivity index (χ3n) is 5.11. The molecular formula is C27H30O. The molecule has 1 nitrogen and oxygen atoms in total. The molecule has 0 aliphatic rings. The van der Waals surface area contributed by atoms with Gasteiger partial charge in [0, 0.05) is 5.92 Å². The van der Waals surface area contributed by atoms with Crippen molar-refractivity contribution in [1.29, 1.82) is 0 Å². The minimum absolute atomic E-state index is 0.295. The van der Waals surface area contributed by atoms with Gasteiger partial charge in [-0.05, 0) is 59.2 Å². The highest BCUT2D eigenvalue weighted by Gasteiger charge is 2.10. The van der Waals surface area contributed by atoms with E-state index in [9.17, 15) is 5.11 Å². The summed E-state index contributed by atoms with van der Waals surface area (Å²) in [6.07, 6.45) is 5.36. The minimum Gasteiger partial charge on any atom is -0.508 e. The lowest BCUT2D eigenvalue weighted by atomic mass is 9.89. The fourth-order valence-electron chi connectivity index (χ4n) is 3.57. The molecule has 0 fully saturated rings. The second-order valence-corrected chi connectivity index (χ2v) is 8.16. The highest BCUT2D eigenvalue weighted by Crippen LogP contribution is 2.27. The van der Waals surface area contributed by atoms with Gasteiger partial charge in [-0.25, -0.2) is 0 Å². The summed E-state index contributed by atoms with van der Waals surface area (Å²) < 4.78 is 0. The Bertz CT molecular complexity index is 931. The van der Waals surface area contributed by atoms with Gasteiger partial charge in [0.25, 0.3) is 0 Å². The molecule has 0 aliphatic carbocycles. The first kappa shape index (κ1) is 19.9. The smallest absolute Gasteiger partial charge is 0.115 e. The molecule has 0 radical (unpaired) electrons. The maximum absolute atomic E-state index is 9.42. The van der Waals surface area contributed by atoms with Gasteiger partial charge in [-0.2, -0.15) is 0 Å². The van der Waals surface area contributed by atoms with Crippen LogP contribution in [0.15, 0.2) is 66.7 Å². The molecular weight excluding hydrogens is 340 g/mol. The Hall–Kier alpha value is -2.80. The van der Waals surface area contributed by atoms with Crippen LogP contribution < -0.4 is 0 Å². The van der Waals surface area contributed by atoms with Crippen molar-refractivity contribution in [2.24, 2.45) is 5.92 Å². The maximum atomic E-state index is 9.42. The van der Waals surface area contributed by atoms with Gasteiger partial charge < -0.3 is 5.11 Å². The van der Waals surface area contributed by atoms with Crippen LogP contribution >= 0.6 is 0 Å². The number of rotatable bonds is 6. The van der Waals surface area contributed by atoms with E-state index in [1.807, 2.05) is 12.1 Å². The van der Waals surface area contributed by atoms with Gasteiger partial charge in [0.05, 0.1) is 0 Å². The molecule has 3 aromatic carbocycles. The standard InChI is InChI=1S/C27H30O/c1-19(2)15-23-7-11-25(12-8-23)21(4)26-17-20(3)16-24(18-26)6-5-22-9-13-27(28)14-10-22/h5-14,16-19,21,28H,15H2,1-4H3/b6-5+. The average molecular weight is 371 g/mol. The molecule has 1 heteroatoms. The first-order valence-electron chi connectivity index (χ1n) is 10.1. The van der Waals surface area contributed by atoms with E-state index >= 15 is 0 Å². The monoisotopic (exact) mass is 370 g/mol. The molecule has 3 rings (SSSR count). The van der Waals surface area contributed by atoms with Crippen LogP contribution in [0.5, 0.6) is 5.75 Å². The van der Waals surface area contributed by atoms with Crippen molar-refractivity contribution in [2.75, 3.05) is 0 Å². The van der Waals surface area contributed by atoms with Crippen LogP contribution in [0.3, 0.4) is 0 Å². The second kappa shape index (κ2) is 8.93. The first-order chi connectivity index (χ1) is 13.4. The average Bonchev–Trinajstić information content (AvgIpc) is 2.67. The number of phenolic OH excluding ortho intramolecular Hbond substituents is 1. The summed E-state index contributed by atoms with van der Waals surface area (Å²) in [7, 11) is 0. The zero-order chi connectivity index (χ0) is 20.1. The SMILES string of the molecule is Cc1cc(/C=C/c2ccc(O)cc2)cc(C(C)c2ccc(CC(C)C)cc2)c1. The zero-order valence-corrected chi connectivity index (χ0v) is 17.3. The van der Waals surface area contributed by atoms with Gasteiger partial charge in [0.2, 0.25) is 0 Å². The molecule has 0 spiro atoms. The first-order valence-corrected chi connectivity index (χ1v) is 10.1. The van der Waals surface area contributed by atoms with Crippen LogP contribution in [0.25, 0.3) is 12.2 Å². The summed E-state index contributed by atoms with van der Waals surface area (Å²) in [5, 5.41) is 9.42. The third kappa shape index (κ3) is 5.36. The predicted octanol–water partition coefficient (Wildman–Crippen LogP) is 7.22. The molecule has 1 atom stereocenters. The van der Waals surface area contributed by atoms with Gasteiger partial charge in [0.1, 0.15) is 5.75 Å². The van der Waals surface area contributed by atoms with Gasteiger partial charge in [0.15, 0.2) is 0 Å². The second-order valence-electron chi connectivity index (χ2n) is 8.16. The maximum Gasteiger partial charge on any atom is 0.115 e. The van der Waals surface area contributed by atoms with Gasteiger partial charge in [-0.3, -0.25) is 0 Å². The highest BCUT2D eigenvalue weighted by molar-refractivity contribution is 5.70. The number of hydrogen-bond donors (Lipinski definition) is 1. The molecule has 1 unspecified atom stereocenters. The molecule has 144 valence electrons. The Morgan fingerprint density at radius 3 is 2.04 bits per heavy atom. The molecule has 0 amide bonds. The van der Waals surface area contributed by atoms with Crippen molar-refractivity contribution in [3.05, 3.63) is 100 Å². The quantitative estimate of drug-likeness (QED) is 0.454. The van der Waals surface area contributed by atoms with Crippen molar-refractivity contribution in [1.82, 2.24) is 0 Å². The van der Waals surface area contributed by atoms with Gasteiger partial charge in [-0.15, -0.1) is 0 Å². The molecule has 0 heterocycles. The Morgan fingerprint density at radius 2 is 1.39 bits per heavy atom. The predicted molar refractivity (Wildman–Crippen MR) is 121 cm³/mol. The van der Waals surface area contributed by atoms with E-state index in [4.69, 9.17) is 0 Å². The lowest BCUT2D eigenvalue weighted by molar-refractivity contribution is 0.475. The lowest BCUT2D eigenvalue weighted by Crippen LogP contribution is -1.99. The lowest BCUT2D eigenvalue weighted by Gasteiger charge is -2.15. The van der Waals surface area contributed by atoms with E-state index in [0.29, 0.717) is 17.6 Å². The number of aryl methyl sites for hydroxylation is 1. The van der Waals surface area contributed by atoms with Crippen LogP contribution in [0.4, 0.5) is 0 Å². The molecule has 0 aliphatic heterocycles. The molecule has 1 N–H and O–H groups in total. The normalized spacial score (nSPS) is 12.6. The van der Waals surface area contributed by atoms with Crippen LogP contribution in [-0.4, -0.2) is 5.11 Å². The molecule has 0 saturated heterocycles. The molecule has 3 aromatic rings. The molecule has 0 saturated carbocycles. The molecule has 0 bridgehead atoms. The van der Waals surface area contributed by atoms with Crippen LogP contribution in [-0.2, 0) is 6.42 Å². The topological polar surface area (TPSA) is 20.2 Å². The fourth-order valence-corrected chi connectivity index (χ4v) is 3.57. The summed E-state index contributed by atoms with van der Waals surface area (Å²) in [4.78, 5) is 0. The van der Waals surface area contributed by atoms with E-state index in [1.165, 1.54) is 27.8 Å². The third-order valence-corrected chi connectivity index (χ3v) is 5.11. The van der Waals surface area contributed by atoms with Crippen molar-refractivity contribution < 1.29 is 5.11 Å². The number of aromatic hydroxyl groups is 1. The zero-order valence-electron chi connectivity index (χ0n) is 17.3. The summed E-state index contributed by atoms with van der Waals surface area (Å²) in [6, 6.07) is 23.1. The van der Waals surface area contributed by atoms with Gasteiger partial charge in [-0.1, -0.05) is 93.1 Å². The largest absolute Gasteiger partial charge is 0.508 e. The van der Waals surface area contributed by atoms with E-state index in [1.54, 1.807) is 12.1 Å². The van der Waals surface area contributed by atoms with E-state index in [2.05, 4.69) is 82.3 Å². The fraction of sp³-hybridized carbons (Fsp3) is 0.259. The Balaban J connectivity index is 1.81. The van der Waals surface area contributed by atoms with Crippen molar-refractivity contribution in [3.63, 3.8) is 0 Å². The van der Waals surface area contributed by atoms with Crippen molar-refractivity contribution in [3.8, 4) is 5.75 Å². The summed E-state index contributed by atoms with van der Waals surface area (Å²) >= 11 is 0. The van der Waals surface area contributed by atoms with Crippen LogP contribution in [0, 0.1) is 12.8 Å².